The van der Waals surface area contributed by atoms with Gasteiger partial charge in [0.1, 0.15) is 12.2 Å². The second-order valence-corrected chi connectivity index (χ2v) is 9.39. The van der Waals surface area contributed by atoms with Crippen molar-refractivity contribution >= 4 is 57.9 Å². The third-order valence-electron chi connectivity index (χ3n) is 5.77. The first kappa shape index (κ1) is 26.8. The van der Waals surface area contributed by atoms with Crippen LogP contribution in [-0.4, -0.2) is 29.9 Å². The second kappa shape index (κ2) is 11.4. The van der Waals surface area contributed by atoms with Crippen molar-refractivity contribution < 1.29 is 28.8 Å². The molecule has 1 N–H and O–H groups in total. The van der Waals surface area contributed by atoms with Crippen LogP contribution < -0.4 is 19.7 Å². The highest BCUT2D eigenvalue weighted by Crippen LogP contribution is 2.36. The molecule has 0 saturated carbocycles. The van der Waals surface area contributed by atoms with Crippen molar-refractivity contribution in [3.8, 4) is 11.5 Å². The van der Waals surface area contributed by atoms with Gasteiger partial charge in [0.15, 0.2) is 11.5 Å². The number of rotatable bonds is 8. The van der Waals surface area contributed by atoms with Crippen LogP contribution in [-0.2, 0) is 22.6 Å². The molecule has 0 spiro atoms. The molecule has 0 aromatic heterocycles. The van der Waals surface area contributed by atoms with E-state index in [-0.39, 0.29) is 17.9 Å². The van der Waals surface area contributed by atoms with E-state index < -0.39 is 22.8 Å². The van der Waals surface area contributed by atoms with Crippen molar-refractivity contribution in [3.05, 3.63) is 96.6 Å². The lowest BCUT2D eigenvalue weighted by Gasteiger charge is -2.26. The number of nitrogens with zero attached hydrogens (tertiary/aromatic N) is 2. The quantitative estimate of drug-likeness (QED) is 0.122. The normalized spacial score (nSPS) is 14.4. The summed E-state index contributed by atoms with van der Waals surface area (Å²) in [6, 6.07) is 15.5. The Morgan fingerprint density at radius 1 is 1.05 bits per heavy atom. The predicted molar refractivity (Wildman–Crippen MR) is 148 cm³/mol. The van der Waals surface area contributed by atoms with Crippen molar-refractivity contribution in [2.45, 2.75) is 20.0 Å². The molecule has 10 nitrogen and oxygen atoms in total. The lowest BCUT2D eigenvalue weighted by atomic mass is 10.1. The number of urea groups is 1. The molecule has 38 heavy (non-hydrogen) atoms. The van der Waals surface area contributed by atoms with E-state index in [0.29, 0.717) is 31.9 Å². The van der Waals surface area contributed by atoms with E-state index in [1.54, 1.807) is 36.4 Å². The Bertz CT molecular complexity index is 1470. The number of nitro benzene ring substituents is 1. The molecule has 0 bridgehead atoms. The molecule has 11 heteroatoms. The largest absolute Gasteiger partial charge is 0.493 e. The Balaban J connectivity index is 1.61. The first-order chi connectivity index (χ1) is 18.2. The standard InChI is InChI=1S/C27H22IN3O7/c1-3-16-7-9-19(10-8-16)30-26(33)21(25(32)29-27(30)34)12-18-13-22(28)24(23(14-18)37-2)38-15-17-5-4-6-20(11-17)31(35)36/h4-14H,3,15H2,1-2H3,(H,29,32,34)/b21-12-. The number of imide groups is 2. The number of ether oxygens (including phenoxy) is 2. The number of amides is 4. The highest BCUT2D eigenvalue weighted by atomic mass is 127. The summed E-state index contributed by atoms with van der Waals surface area (Å²) in [5, 5.41) is 13.3. The van der Waals surface area contributed by atoms with E-state index in [4.69, 9.17) is 9.47 Å². The summed E-state index contributed by atoms with van der Waals surface area (Å²) in [5.74, 6) is -0.820. The lowest BCUT2D eigenvalue weighted by Crippen LogP contribution is -2.54. The number of nitro groups is 1. The third kappa shape index (κ3) is 5.67. The van der Waals surface area contributed by atoms with Gasteiger partial charge in [-0.3, -0.25) is 25.0 Å². The van der Waals surface area contributed by atoms with Gasteiger partial charge in [0.05, 0.1) is 21.3 Å². The molecule has 3 aromatic rings. The minimum atomic E-state index is -0.821. The van der Waals surface area contributed by atoms with Crippen molar-refractivity contribution in [2.75, 3.05) is 12.0 Å². The summed E-state index contributed by atoms with van der Waals surface area (Å²) in [7, 11) is 1.45. The number of non-ortho nitro benzene ring substituents is 1. The number of nitrogens with one attached hydrogen (secondary N) is 1. The van der Waals surface area contributed by atoms with E-state index in [9.17, 15) is 24.5 Å². The number of carbonyl (C=O) groups is 3. The van der Waals surface area contributed by atoms with E-state index in [1.807, 2.05) is 41.6 Å². The molecule has 194 valence electrons. The molecule has 1 heterocycles. The predicted octanol–water partition coefficient (Wildman–Crippen LogP) is 5.02. The van der Waals surface area contributed by atoms with Gasteiger partial charge in [-0.1, -0.05) is 31.2 Å². The second-order valence-electron chi connectivity index (χ2n) is 8.23. The van der Waals surface area contributed by atoms with Crippen LogP contribution in [0.25, 0.3) is 6.08 Å². The average Bonchev–Trinajstić information content (AvgIpc) is 2.90. The minimum Gasteiger partial charge on any atom is -0.493 e. The molecule has 3 aromatic carbocycles. The molecule has 1 fully saturated rings. The van der Waals surface area contributed by atoms with E-state index in [2.05, 4.69) is 5.32 Å². The smallest absolute Gasteiger partial charge is 0.335 e. The third-order valence-corrected chi connectivity index (χ3v) is 6.57. The first-order valence-corrected chi connectivity index (χ1v) is 12.5. The summed E-state index contributed by atoms with van der Waals surface area (Å²) in [6.07, 6.45) is 2.18. The maximum atomic E-state index is 13.2. The van der Waals surface area contributed by atoms with Gasteiger partial charge in [-0.05, 0) is 76.0 Å². The number of hydrogen-bond donors (Lipinski definition) is 1. The van der Waals surface area contributed by atoms with Crippen LogP contribution in [0.2, 0.25) is 0 Å². The number of halogens is 1. The van der Waals surface area contributed by atoms with Gasteiger partial charge in [0.25, 0.3) is 17.5 Å². The minimum absolute atomic E-state index is 0.0426. The number of methoxy groups -OCH3 is 1. The Hall–Kier alpha value is -4.26. The number of carbonyl (C=O) groups excluding carboxylic acids is 3. The fourth-order valence-corrected chi connectivity index (χ4v) is 4.60. The number of benzene rings is 3. The molecule has 0 atom stereocenters. The molecule has 1 aliphatic heterocycles. The molecular weight excluding hydrogens is 605 g/mol. The summed E-state index contributed by atoms with van der Waals surface area (Å²) >= 11 is 2.03. The van der Waals surface area contributed by atoms with E-state index >= 15 is 0 Å². The number of barbiturate groups is 1. The van der Waals surface area contributed by atoms with Gasteiger partial charge in [-0.15, -0.1) is 0 Å². The number of hydrogen-bond acceptors (Lipinski definition) is 7. The molecule has 4 amide bonds. The van der Waals surface area contributed by atoms with Gasteiger partial charge in [0, 0.05) is 12.1 Å². The first-order valence-electron chi connectivity index (χ1n) is 11.5. The van der Waals surface area contributed by atoms with Crippen molar-refractivity contribution in [3.63, 3.8) is 0 Å². The Labute approximate surface area is 231 Å². The highest BCUT2D eigenvalue weighted by Gasteiger charge is 2.36. The van der Waals surface area contributed by atoms with Crippen LogP contribution in [0.5, 0.6) is 11.5 Å². The van der Waals surface area contributed by atoms with Crippen molar-refractivity contribution in [2.24, 2.45) is 0 Å². The Morgan fingerprint density at radius 2 is 1.79 bits per heavy atom. The molecular formula is C27H22IN3O7. The summed E-state index contributed by atoms with van der Waals surface area (Å²) < 4.78 is 12.0. The molecule has 0 radical (unpaired) electrons. The molecule has 4 rings (SSSR count). The van der Waals surface area contributed by atoms with Crippen molar-refractivity contribution in [1.29, 1.82) is 0 Å². The van der Waals surface area contributed by atoms with Crippen LogP contribution in [0.3, 0.4) is 0 Å². The van der Waals surface area contributed by atoms with Gasteiger partial charge in [-0.2, -0.15) is 0 Å². The fraction of sp³-hybridized carbons (Fsp3) is 0.148. The average molecular weight is 627 g/mol. The van der Waals surface area contributed by atoms with Crippen LogP contribution in [0, 0.1) is 13.7 Å². The zero-order valence-electron chi connectivity index (χ0n) is 20.4. The molecule has 1 saturated heterocycles. The molecule has 0 unspecified atom stereocenters. The lowest BCUT2D eigenvalue weighted by molar-refractivity contribution is -0.384. The Kier molecular flexibility index (Phi) is 8.05. The molecule has 0 aliphatic carbocycles. The Morgan fingerprint density at radius 3 is 2.45 bits per heavy atom. The SMILES string of the molecule is CCc1ccc(N2C(=O)NC(=O)/C(=C/c3cc(I)c(OCc4cccc([N+](=O)[O-])c4)c(OC)c3)C2=O)cc1. The monoisotopic (exact) mass is 627 g/mol. The summed E-state index contributed by atoms with van der Waals surface area (Å²) in [4.78, 5) is 49.8. The van der Waals surface area contributed by atoms with Gasteiger partial charge >= 0.3 is 6.03 Å². The topological polar surface area (TPSA) is 128 Å². The number of anilines is 1. The van der Waals surface area contributed by atoms with Gasteiger partial charge in [-0.25, -0.2) is 9.69 Å². The van der Waals surface area contributed by atoms with Crippen LogP contribution in [0.15, 0.2) is 66.2 Å². The fourth-order valence-electron chi connectivity index (χ4n) is 3.82. The van der Waals surface area contributed by atoms with Crippen LogP contribution in [0.1, 0.15) is 23.6 Å². The van der Waals surface area contributed by atoms with E-state index in [0.717, 1.165) is 16.9 Å². The van der Waals surface area contributed by atoms with Crippen LogP contribution >= 0.6 is 22.6 Å². The summed E-state index contributed by atoms with van der Waals surface area (Å²) in [5.41, 5.74) is 2.21. The summed E-state index contributed by atoms with van der Waals surface area (Å²) in [6.45, 7) is 2.05. The van der Waals surface area contributed by atoms with Gasteiger partial charge in [0.2, 0.25) is 0 Å². The number of aryl methyl sites for hydroxylation is 1. The highest BCUT2D eigenvalue weighted by molar-refractivity contribution is 14.1. The maximum Gasteiger partial charge on any atom is 0.335 e. The molecule has 1 aliphatic rings. The van der Waals surface area contributed by atoms with Crippen molar-refractivity contribution in [1.82, 2.24) is 5.32 Å². The van der Waals surface area contributed by atoms with Crippen LogP contribution in [0.4, 0.5) is 16.2 Å². The zero-order chi connectivity index (χ0) is 27.4. The zero-order valence-corrected chi connectivity index (χ0v) is 22.6. The van der Waals surface area contributed by atoms with E-state index in [1.165, 1.54) is 25.3 Å². The van der Waals surface area contributed by atoms with Gasteiger partial charge < -0.3 is 9.47 Å². The maximum absolute atomic E-state index is 13.2.